The summed E-state index contributed by atoms with van der Waals surface area (Å²) in [6, 6.07) is 2.90. The van der Waals surface area contributed by atoms with Crippen molar-refractivity contribution in [2.24, 2.45) is 0 Å². The number of halogens is 1. The molecule has 3 nitrogen and oxygen atoms in total. The Kier molecular flexibility index (Phi) is 4.05. The fourth-order valence-corrected chi connectivity index (χ4v) is 1.46. The van der Waals surface area contributed by atoms with E-state index in [0.29, 0.717) is 17.9 Å². The van der Waals surface area contributed by atoms with E-state index in [1.807, 2.05) is 6.92 Å². The molecule has 0 amide bonds. The predicted octanol–water partition coefficient (Wildman–Crippen LogP) is 1.40. The zero-order valence-corrected chi connectivity index (χ0v) is 9.17. The second kappa shape index (κ2) is 5.09. The lowest BCUT2D eigenvalue weighted by molar-refractivity contribution is 0.173. The third kappa shape index (κ3) is 2.67. The molecule has 2 N–H and O–H groups in total. The van der Waals surface area contributed by atoms with E-state index in [1.165, 1.54) is 13.2 Å². The molecule has 0 spiro atoms. The average Bonchev–Trinajstić information content (AvgIpc) is 2.21. The van der Waals surface area contributed by atoms with Crippen LogP contribution in [0.5, 0.6) is 5.75 Å². The van der Waals surface area contributed by atoms with Gasteiger partial charge in [0.15, 0.2) is 0 Å². The van der Waals surface area contributed by atoms with Gasteiger partial charge in [-0.3, -0.25) is 0 Å². The third-order valence-corrected chi connectivity index (χ3v) is 2.27. The molecule has 4 heteroatoms. The van der Waals surface area contributed by atoms with Crippen LogP contribution in [0.3, 0.4) is 0 Å². The largest absolute Gasteiger partial charge is 0.496 e. The van der Waals surface area contributed by atoms with Crippen molar-refractivity contribution in [2.45, 2.75) is 13.0 Å². The number of hydrogen-bond donors (Lipinski definition) is 2. The van der Waals surface area contributed by atoms with Crippen LogP contribution in [0.4, 0.5) is 4.39 Å². The summed E-state index contributed by atoms with van der Waals surface area (Å²) < 4.78 is 18.5. The molecule has 1 aromatic carbocycles. The van der Waals surface area contributed by atoms with Crippen LogP contribution in [0.25, 0.3) is 0 Å². The van der Waals surface area contributed by atoms with E-state index in [-0.39, 0.29) is 0 Å². The number of hydrogen-bond acceptors (Lipinski definition) is 3. The Morgan fingerprint density at radius 3 is 2.73 bits per heavy atom. The maximum absolute atomic E-state index is 13.5. The molecule has 0 saturated carbocycles. The minimum absolute atomic E-state index is 0.294. The van der Waals surface area contributed by atoms with Crippen LogP contribution in [-0.2, 0) is 0 Å². The number of aliphatic hydroxyl groups is 1. The smallest absolute Gasteiger partial charge is 0.132 e. The first kappa shape index (κ1) is 11.9. The SMILES string of the molecule is CNCC(O)c1cc(C)c(OC)cc1F. The maximum atomic E-state index is 13.5. The molecule has 15 heavy (non-hydrogen) atoms. The van der Waals surface area contributed by atoms with Gasteiger partial charge in [-0.15, -0.1) is 0 Å². The zero-order valence-electron chi connectivity index (χ0n) is 9.17. The zero-order chi connectivity index (χ0) is 11.4. The van der Waals surface area contributed by atoms with Crippen LogP contribution in [0.2, 0.25) is 0 Å². The quantitative estimate of drug-likeness (QED) is 0.794. The summed E-state index contributed by atoms with van der Waals surface area (Å²) in [5.41, 5.74) is 1.10. The number of methoxy groups -OCH3 is 1. The summed E-state index contributed by atoms with van der Waals surface area (Å²) in [5, 5.41) is 12.4. The predicted molar refractivity (Wildman–Crippen MR) is 56.6 cm³/mol. The molecule has 0 aliphatic heterocycles. The second-order valence-corrected chi connectivity index (χ2v) is 3.42. The molecule has 1 rings (SSSR count). The highest BCUT2D eigenvalue weighted by Gasteiger charge is 2.14. The summed E-state index contributed by atoms with van der Waals surface area (Å²) in [6.45, 7) is 2.14. The number of likely N-dealkylation sites (N-methyl/N-ethyl adjacent to an activating group) is 1. The topological polar surface area (TPSA) is 41.5 Å². The van der Waals surface area contributed by atoms with Gasteiger partial charge in [0.05, 0.1) is 13.2 Å². The summed E-state index contributed by atoms with van der Waals surface area (Å²) in [5.74, 6) is 0.0492. The maximum Gasteiger partial charge on any atom is 0.132 e. The molecular formula is C11H16FNO2. The standard InChI is InChI=1S/C11H16FNO2/c1-7-4-8(10(14)6-13-2)9(12)5-11(7)15-3/h4-5,10,13-14H,6H2,1-3H3. The van der Waals surface area contributed by atoms with E-state index in [0.717, 1.165) is 5.56 Å². The van der Waals surface area contributed by atoms with E-state index in [4.69, 9.17) is 4.74 Å². The molecule has 0 aliphatic rings. The van der Waals surface area contributed by atoms with Gasteiger partial charge in [0.2, 0.25) is 0 Å². The van der Waals surface area contributed by atoms with Crippen molar-refractivity contribution in [3.05, 3.63) is 29.1 Å². The average molecular weight is 213 g/mol. The van der Waals surface area contributed by atoms with Crippen molar-refractivity contribution < 1.29 is 14.2 Å². The molecule has 0 fully saturated rings. The monoisotopic (exact) mass is 213 g/mol. The van der Waals surface area contributed by atoms with Gasteiger partial charge >= 0.3 is 0 Å². The summed E-state index contributed by atoms with van der Waals surface area (Å²) >= 11 is 0. The number of rotatable bonds is 4. The van der Waals surface area contributed by atoms with Gasteiger partial charge in [0.25, 0.3) is 0 Å². The number of aryl methyl sites for hydroxylation is 1. The molecule has 0 bridgehead atoms. The molecular weight excluding hydrogens is 197 g/mol. The Balaban J connectivity index is 3.04. The molecule has 0 aromatic heterocycles. The van der Waals surface area contributed by atoms with Gasteiger partial charge in [-0.1, -0.05) is 0 Å². The Morgan fingerprint density at radius 2 is 2.20 bits per heavy atom. The highest BCUT2D eigenvalue weighted by molar-refractivity contribution is 5.38. The first-order valence-electron chi connectivity index (χ1n) is 4.76. The molecule has 0 radical (unpaired) electrons. The van der Waals surface area contributed by atoms with Gasteiger partial charge in [-0.2, -0.15) is 0 Å². The Hall–Kier alpha value is -1.13. The van der Waals surface area contributed by atoms with E-state index in [2.05, 4.69) is 5.32 Å². The molecule has 0 aliphatic carbocycles. The Labute approximate surface area is 88.9 Å². The Morgan fingerprint density at radius 1 is 1.53 bits per heavy atom. The van der Waals surface area contributed by atoms with E-state index < -0.39 is 11.9 Å². The molecule has 1 unspecified atom stereocenters. The van der Waals surface area contributed by atoms with Crippen molar-refractivity contribution >= 4 is 0 Å². The second-order valence-electron chi connectivity index (χ2n) is 3.42. The van der Waals surface area contributed by atoms with Crippen molar-refractivity contribution in [3.8, 4) is 5.75 Å². The van der Waals surface area contributed by atoms with Crippen LogP contribution in [0.15, 0.2) is 12.1 Å². The number of benzene rings is 1. The highest BCUT2D eigenvalue weighted by Crippen LogP contribution is 2.25. The van der Waals surface area contributed by atoms with Crippen LogP contribution in [-0.4, -0.2) is 25.8 Å². The first-order chi connectivity index (χ1) is 7.10. The number of ether oxygens (including phenoxy) is 1. The molecule has 0 heterocycles. The van der Waals surface area contributed by atoms with Crippen molar-refractivity contribution in [1.82, 2.24) is 5.32 Å². The van der Waals surface area contributed by atoms with E-state index in [9.17, 15) is 9.50 Å². The summed E-state index contributed by atoms with van der Waals surface area (Å²) in [6.07, 6.45) is -0.834. The lowest BCUT2D eigenvalue weighted by atomic mass is 10.0. The highest BCUT2D eigenvalue weighted by atomic mass is 19.1. The van der Waals surface area contributed by atoms with Crippen molar-refractivity contribution in [1.29, 1.82) is 0 Å². The lowest BCUT2D eigenvalue weighted by Gasteiger charge is -2.14. The van der Waals surface area contributed by atoms with Crippen molar-refractivity contribution in [3.63, 3.8) is 0 Å². The van der Waals surface area contributed by atoms with Crippen LogP contribution in [0, 0.1) is 12.7 Å². The minimum atomic E-state index is -0.834. The lowest BCUT2D eigenvalue weighted by Crippen LogP contribution is -2.17. The minimum Gasteiger partial charge on any atom is -0.496 e. The van der Waals surface area contributed by atoms with Crippen LogP contribution >= 0.6 is 0 Å². The van der Waals surface area contributed by atoms with Crippen LogP contribution < -0.4 is 10.1 Å². The molecule has 1 atom stereocenters. The van der Waals surface area contributed by atoms with Gasteiger partial charge in [-0.05, 0) is 25.6 Å². The van der Waals surface area contributed by atoms with Crippen molar-refractivity contribution in [2.75, 3.05) is 20.7 Å². The molecule has 0 saturated heterocycles. The van der Waals surface area contributed by atoms with Gasteiger partial charge in [-0.25, -0.2) is 4.39 Å². The van der Waals surface area contributed by atoms with Gasteiger partial charge in [0.1, 0.15) is 11.6 Å². The summed E-state index contributed by atoms with van der Waals surface area (Å²) in [7, 11) is 3.20. The van der Waals surface area contributed by atoms with E-state index in [1.54, 1.807) is 13.1 Å². The third-order valence-electron chi connectivity index (χ3n) is 2.27. The fourth-order valence-electron chi connectivity index (χ4n) is 1.46. The fraction of sp³-hybridized carbons (Fsp3) is 0.455. The molecule has 84 valence electrons. The number of nitrogens with one attached hydrogen (secondary N) is 1. The molecule has 1 aromatic rings. The normalized spacial score (nSPS) is 12.6. The first-order valence-corrected chi connectivity index (χ1v) is 4.76. The number of aliphatic hydroxyl groups excluding tert-OH is 1. The van der Waals surface area contributed by atoms with E-state index >= 15 is 0 Å². The van der Waals surface area contributed by atoms with Crippen LogP contribution in [0.1, 0.15) is 17.2 Å². The van der Waals surface area contributed by atoms with Gasteiger partial charge in [0, 0.05) is 18.2 Å². The summed E-state index contributed by atoms with van der Waals surface area (Å²) in [4.78, 5) is 0. The van der Waals surface area contributed by atoms with Gasteiger partial charge < -0.3 is 15.2 Å². The Bertz CT molecular complexity index is 342.